The average molecular weight is 373 g/mol. The van der Waals surface area contributed by atoms with Gasteiger partial charge < -0.3 is 10.4 Å². The van der Waals surface area contributed by atoms with Gasteiger partial charge in [0.2, 0.25) is 5.91 Å². The molecule has 0 bridgehead atoms. The third-order valence-corrected chi connectivity index (χ3v) is 3.94. The number of anilines is 1. The monoisotopic (exact) mass is 371 g/mol. The summed E-state index contributed by atoms with van der Waals surface area (Å²) < 4.78 is 0. The molecule has 2 rings (SSSR count). The summed E-state index contributed by atoms with van der Waals surface area (Å²) in [6.45, 7) is 0. The third kappa shape index (κ3) is 4.86. The number of carboxylic acids is 1. The molecule has 7 heteroatoms. The maximum Gasteiger partial charge on any atom is 0.337 e. The van der Waals surface area contributed by atoms with Gasteiger partial charge in [0.15, 0.2) is 0 Å². The first-order valence-corrected chi connectivity index (χ1v) is 7.77. The Morgan fingerprint density at radius 1 is 1.00 bits per heavy atom. The summed E-state index contributed by atoms with van der Waals surface area (Å²) in [7, 11) is 0. The molecule has 2 aromatic rings. The Balaban J connectivity index is 2.05. The maximum absolute atomic E-state index is 12.0. The van der Waals surface area contributed by atoms with Gasteiger partial charge in [-0.1, -0.05) is 40.9 Å². The van der Waals surface area contributed by atoms with E-state index in [4.69, 9.17) is 39.9 Å². The second-order valence-electron chi connectivity index (χ2n) is 4.78. The lowest BCUT2D eigenvalue weighted by Crippen LogP contribution is -2.15. The highest BCUT2D eigenvalue weighted by Gasteiger charge is 2.13. The highest BCUT2D eigenvalue weighted by atomic mass is 35.5. The van der Waals surface area contributed by atoms with E-state index in [1.807, 2.05) is 0 Å². The number of aryl methyl sites for hydroxylation is 1. The van der Waals surface area contributed by atoms with Gasteiger partial charge in [-0.25, -0.2) is 4.79 Å². The summed E-state index contributed by atoms with van der Waals surface area (Å²) in [4.78, 5) is 23.2. The lowest BCUT2D eigenvalue weighted by molar-refractivity contribution is -0.116. The van der Waals surface area contributed by atoms with Crippen molar-refractivity contribution in [3.8, 4) is 0 Å². The maximum atomic E-state index is 12.0. The predicted molar refractivity (Wildman–Crippen MR) is 91.8 cm³/mol. The van der Waals surface area contributed by atoms with Gasteiger partial charge >= 0.3 is 5.97 Å². The van der Waals surface area contributed by atoms with Crippen molar-refractivity contribution in [3.63, 3.8) is 0 Å². The van der Waals surface area contributed by atoms with Crippen molar-refractivity contribution in [2.75, 3.05) is 5.32 Å². The van der Waals surface area contributed by atoms with Crippen molar-refractivity contribution in [1.82, 2.24) is 0 Å². The van der Waals surface area contributed by atoms with E-state index in [0.29, 0.717) is 21.5 Å². The number of benzene rings is 2. The number of rotatable bonds is 5. The minimum atomic E-state index is -1.14. The van der Waals surface area contributed by atoms with Crippen LogP contribution >= 0.6 is 34.8 Å². The van der Waals surface area contributed by atoms with Crippen LogP contribution in [0, 0.1) is 0 Å². The van der Waals surface area contributed by atoms with Crippen LogP contribution in [-0.4, -0.2) is 17.0 Å². The number of hydrogen-bond acceptors (Lipinski definition) is 2. The van der Waals surface area contributed by atoms with Crippen molar-refractivity contribution in [2.45, 2.75) is 12.8 Å². The molecule has 0 saturated heterocycles. The number of amides is 1. The van der Waals surface area contributed by atoms with E-state index in [9.17, 15) is 9.59 Å². The van der Waals surface area contributed by atoms with Crippen LogP contribution in [0.2, 0.25) is 15.1 Å². The second-order valence-corrected chi connectivity index (χ2v) is 6.06. The summed E-state index contributed by atoms with van der Waals surface area (Å²) in [5.41, 5.74) is 0.931. The van der Waals surface area contributed by atoms with Gasteiger partial charge in [-0.05, 0) is 42.3 Å². The minimum absolute atomic E-state index is 0.0210. The van der Waals surface area contributed by atoms with Gasteiger partial charge in [-0.15, -0.1) is 0 Å². The Labute approximate surface area is 148 Å². The van der Waals surface area contributed by atoms with E-state index in [2.05, 4.69) is 5.32 Å². The van der Waals surface area contributed by atoms with Crippen molar-refractivity contribution in [1.29, 1.82) is 0 Å². The predicted octanol–water partition coefficient (Wildman–Crippen LogP) is 4.92. The molecule has 1 amide bonds. The number of hydrogen-bond donors (Lipinski definition) is 2. The van der Waals surface area contributed by atoms with Gasteiger partial charge in [-0.3, -0.25) is 4.79 Å². The Hall–Kier alpha value is -1.75. The fourth-order valence-corrected chi connectivity index (χ4v) is 2.67. The van der Waals surface area contributed by atoms with Gasteiger partial charge in [0.1, 0.15) is 0 Å². The molecule has 0 spiro atoms. The number of aromatic carboxylic acids is 1. The van der Waals surface area contributed by atoms with Gasteiger partial charge in [0.25, 0.3) is 0 Å². The van der Waals surface area contributed by atoms with E-state index in [-0.39, 0.29) is 23.6 Å². The quantitative estimate of drug-likeness (QED) is 0.783. The molecule has 0 aromatic heterocycles. The second kappa shape index (κ2) is 7.68. The normalized spacial score (nSPS) is 10.4. The van der Waals surface area contributed by atoms with Crippen LogP contribution in [0.15, 0.2) is 36.4 Å². The molecular formula is C16H12Cl3NO3. The van der Waals surface area contributed by atoms with Crippen molar-refractivity contribution in [3.05, 3.63) is 62.6 Å². The summed E-state index contributed by atoms with van der Waals surface area (Å²) >= 11 is 17.7. The molecule has 0 saturated carbocycles. The Morgan fingerprint density at radius 2 is 1.65 bits per heavy atom. The van der Waals surface area contributed by atoms with Gasteiger partial charge in [0.05, 0.1) is 11.3 Å². The summed E-state index contributed by atoms with van der Waals surface area (Å²) in [5, 5.41) is 13.0. The summed E-state index contributed by atoms with van der Waals surface area (Å²) in [6, 6.07) is 9.25. The number of carbonyl (C=O) groups is 2. The molecule has 0 atom stereocenters. The zero-order chi connectivity index (χ0) is 17.0. The first-order chi connectivity index (χ1) is 10.9. The smallest absolute Gasteiger partial charge is 0.337 e. The largest absolute Gasteiger partial charge is 0.478 e. The number of carboxylic acid groups (broad SMARTS) is 1. The molecule has 0 fully saturated rings. The van der Waals surface area contributed by atoms with E-state index in [1.54, 1.807) is 18.2 Å². The first-order valence-electron chi connectivity index (χ1n) is 6.63. The molecule has 2 aromatic carbocycles. The molecule has 23 heavy (non-hydrogen) atoms. The van der Waals surface area contributed by atoms with Gasteiger partial charge in [-0.2, -0.15) is 0 Å². The minimum Gasteiger partial charge on any atom is -0.478 e. The molecule has 0 radical (unpaired) electrons. The van der Waals surface area contributed by atoms with Gasteiger partial charge in [0, 0.05) is 21.5 Å². The first kappa shape index (κ1) is 17.6. The summed E-state index contributed by atoms with van der Waals surface area (Å²) in [6.07, 6.45) is 0.553. The van der Waals surface area contributed by atoms with Crippen molar-refractivity contribution >= 4 is 52.4 Å². The number of nitrogens with one attached hydrogen (secondary N) is 1. The topological polar surface area (TPSA) is 66.4 Å². The van der Waals surface area contributed by atoms with Crippen LogP contribution in [-0.2, 0) is 11.2 Å². The highest BCUT2D eigenvalue weighted by Crippen LogP contribution is 2.24. The molecule has 0 aliphatic rings. The van der Waals surface area contributed by atoms with E-state index < -0.39 is 5.97 Å². The van der Waals surface area contributed by atoms with Crippen LogP contribution in [0.3, 0.4) is 0 Å². The fourth-order valence-electron chi connectivity index (χ4n) is 1.99. The van der Waals surface area contributed by atoms with Crippen molar-refractivity contribution < 1.29 is 14.7 Å². The fraction of sp³-hybridized carbons (Fsp3) is 0.125. The zero-order valence-electron chi connectivity index (χ0n) is 11.8. The van der Waals surface area contributed by atoms with Crippen LogP contribution in [0.4, 0.5) is 5.69 Å². The van der Waals surface area contributed by atoms with Crippen molar-refractivity contribution in [2.24, 2.45) is 0 Å². The van der Waals surface area contributed by atoms with Crippen LogP contribution in [0.1, 0.15) is 22.3 Å². The van der Waals surface area contributed by atoms with Crippen LogP contribution in [0.5, 0.6) is 0 Å². The number of halogens is 3. The lowest BCUT2D eigenvalue weighted by Gasteiger charge is -2.09. The molecule has 4 nitrogen and oxygen atoms in total. The molecule has 0 aliphatic heterocycles. The van der Waals surface area contributed by atoms with E-state index >= 15 is 0 Å². The molecule has 2 N–H and O–H groups in total. The SMILES string of the molecule is O=C(CCc1ccc(Cl)cc1Cl)Nc1cc(Cl)ccc1C(=O)O. The van der Waals surface area contributed by atoms with Crippen LogP contribution in [0.25, 0.3) is 0 Å². The lowest BCUT2D eigenvalue weighted by atomic mass is 10.1. The number of carbonyl (C=O) groups excluding carboxylic acids is 1. The molecular weight excluding hydrogens is 361 g/mol. The highest BCUT2D eigenvalue weighted by molar-refractivity contribution is 6.35. The van der Waals surface area contributed by atoms with E-state index in [1.165, 1.54) is 18.2 Å². The Kier molecular flexibility index (Phi) is 5.88. The molecule has 0 heterocycles. The Morgan fingerprint density at radius 3 is 2.30 bits per heavy atom. The zero-order valence-corrected chi connectivity index (χ0v) is 14.0. The molecule has 0 aliphatic carbocycles. The standard InChI is InChI=1S/C16H12Cl3NO3/c17-10-3-1-9(13(19)7-10)2-6-15(21)20-14-8-11(18)4-5-12(14)16(22)23/h1,3-5,7-8H,2,6H2,(H,20,21)(H,22,23). The average Bonchev–Trinajstić information content (AvgIpc) is 2.46. The molecule has 120 valence electrons. The Bertz CT molecular complexity index is 762. The summed E-state index contributed by atoms with van der Waals surface area (Å²) in [5.74, 6) is -1.47. The van der Waals surface area contributed by atoms with E-state index in [0.717, 1.165) is 5.56 Å². The van der Waals surface area contributed by atoms with Crippen LogP contribution < -0.4 is 5.32 Å². The molecule has 0 unspecified atom stereocenters. The third-order valence-electron chi connectivity index (χ3n) is 3.12.